The molecule has 0 aliphatic rings. The fourth-order valence-corrected chi connectivity index (χ4v) is 6.50. The monoisotopic (exact) mass is 354 g/mol. The Kier molecular flexibility index (Phi) is 12.0. The van der Waals surface area contributed by atoms with Crippen LogP contribution in [0.1, 0.15) is 76.7 Å². The molecule has 0 radical (unpaired) electrons. The second kappa shape index (κ2) is 12.7. The minimum absolute atomic E-state index is 0.123. The molecule has 0 nitrogen and oxygen atoms in total. The van der Waals surface area contributed by atoms with Crippen molar-refractivity contribution in [2.75, 3.05) is 0 Å². The summed E-state index contributed by atoms with van der Waals surface area (Å²) in [7, 11) is 0. The summed E-state index contributed by atoms with van der Waals surface area (Å²) in [6.07, 6.45) is 15.7. The molecule has 19 heavy (non-hydrogen) atoms. The van der Waals surface area contributed by atoms with E-state index < -0.39 is 0 Å². The highest BCUT2D eigenvalue weighted by molar-refractivity contribution is 9.23. The fourth-order valence-electron chi connectivity index (χ4n) is 2.51. The van der Waals surface area contributed by atoms with Gasteiger partial charge in [0, 0.05) is 0 Å². The number of hydrogen-bond acceptors (Lipinski definition) is 1. The minimum Gasteiger partial charge on any atom is -0.295 e. The molecule has 0 aromatic carbocycles. The highest BCUT2D eigenvalue weighted by Crippen LogP contribution is 2.13. The normalized spacial score (nSPS) is 10.6. The maximum absolute atomic E-state index is 3.71. The largest absolute Gasteiger partial charge is 0.522 e. The number of aryl methyl sites for hydroxylation is 1. The van der Waals surface area contributed by atoms with E-state index in [4.69, 9.17) is 0 Å². The zero-order chi connectivity index (χ0) is 13.8. The first-order valence-corrected chi connectivity index (χ1v) is 13.5. The average molecular weight is 356 g/mol. The van der Waals surface area contributed by atoms with E-state index in [1.54, 1.807) is 8.57 Å². The van der Waals surface area contributed by atoms with Crippen LogP contribution in [-0.4, -0.2) is 18.2 Å². The van der Waals surface area contributed by atoms with Crippen LogP contribution in [0.4, 0.5) is 0 Å². The Morgan fingerprint density at radius 2 is 1.53 bits per heavy atom. The Balaban J connectivity index is 1.89. The molecule has 0 N–H and O–H groups in total. The zero-order valence-corrected chi connectivity index (χ0v) is 16.2. The number of rotatable bonds is 12. The van der Waals surface area contributed by atoms with E-state index in [1.807, 2.05) is 11.3 Å². The van der Waals surface area contributed by atoms with Crippen molar-refractivity contribution in [3.63, 3.8) is 0 Å². The molecule has 1 aromatic rings. The lowest BCUT2D eigenvalue weighted by molar-refractivity contribution is 0.556. The summed E-state index contributed by atoms with van der Waals surface area (Å²) >= 11 is 5.53. The minimum atomic E-state index is -0.123. The molecular weight excluding hydrogens is 328 g/mol. The standard InChI is InChI=1S/C16H27S.BrH.Mg/c1-2-3-4-5-6-7-8-9-10-11-12-16-13-14-17-15-16;;/h13-14H,2-12H2,1H3;1H;/q;;+1/p-1. The molecule has 0 spiro atoms. The Morgan fingerprint density at radius 1 is 0.947 bits per heavy atom. The molecule has 0 amide bonds. The van der Waals surface area contributed by atoms with E-state index in [9.17, 15) is 0 Å². The molecule has 3 heteroatoms. The van der Waals surface area contributed by atoms with Crippen molar-refractivity contribution in [3.8, 4) is 0 Å². The molecule has 0 saturated heterocycles. The molecule has 0 aliphatic heterocycles. The van der Waals surface area contributed by atoms with Gasteiger partial charge < -0.3 is 0 Å². The van der Waals surface area contributed by atoms with Gasteiger partial charge in [0.25, 0.3) is 0 Å². The van der Waals surface area contributed by atoms with Crippen molar-refractivity contribution in [1.29, 1.82) is 0 Å². The second-order valence-electron chi connectivity index (χ2n) is 5.43. The van der Waals surface area contributed by atoms with Gasteiger partial charge in [0.15, 0.2) is 0 Å². The third-order valence-corrected chi connectivity index (χ3v) is 9.00. The van der Waals surface area contributed by atoms with E-state index in [1.165, 1.54) is 70.6 Å². The van der Waals surface area contributed by atoms with E-state index in [0.717, 1.165) is 0 Å². The number of unbranched alkanes of at least 4 members (excludes halogenated alkanes) is 9. The van der Waals surface area contributed by atoms with E-state index in [0.29, 0.717) is 0 Å². The van der Waals surface area contributed by atoms with Crippen LogP contribution >= 0.6 is 24.2 Å². The molecule has 0 aliphatic carbocycles. The summed E-state index contributed by atoms with van der Waals surface area (Å²) in [5, 5.41) is 2.26. The summed E-state index contributed by atoms with van der Waals surface area (Å²) in [6.45, 7) is 2.29. The van der Waals surface area contributed by atoms with Crippen molar-refractivity contribution in [3.05, 3.63) is 17.0 Å². The first kappa shape index (κ1) is 18.0. The Morgan fingerprint density at radius 3 is 2.11 bits per heavy atom. The van der Waals surface area contributed by atoms with Gasteiger partial charge in [0.1, 0.15) is 0 Å². The topological polar surface area (TPSA) is 0 Å². The van der Waals surface area contributed by atoms with Crippen LogP contribution in [0.2, 0.25) is 0 Å². The lowest BCUT2D eigenvalue weighted by Gasteiger charge is -2.03. The van der Waals surface area contributed by atoms with E-state index >= 15 is 0 Å². The van der Waals surface area contributed by atoms with Gasteiger partial charge in [-0.15, -0.1) is 0 Å². The fraction of sp³-hybridized carbons (Fsp3) is 0.750. The van der Waals surface area contributed by atoms with Gasteiger partial charge in [-0.1, -0.05) is 79.3 Å². The predicted octanol–water partition coefficient (Wildman–Crippen LogP) is 5.85. The third-order valence-electron chi connectivity index (χ3n) is 3.76. The van der Waals surface area contributed by atoms with Crippen LogP contribution in [0.15, 0.2) is 11.4 Å². The highest BCUT2D eigenvalue weighted by Gasteiger charge is 2.04. The molecule has 0 fully saturated rings. The quantitative estimate of drug-likeness (QED) is 0.326. The SMILES string of the molecule is CCCCCCCCCCCCc1ccs[c]1[Mg][Br]. The van der Waals surface area contributed by atoms with Gasteiger partial charge in [-0.2, -0.15) is 11.3 Å². The third kappa shape index (κ3) is 8.74. The van der Waals surface area contributed by atoms with Crippen molar-refractivity contribution in [1.82, 2.24) is 0 Å². The maximum Gasteiger partial charge on any atom is 0.522 e. The number of halogens is 1. The summed E-state index contributed by atoms with van der Waals surface area (Å²) in [5.41, 5.74) is 1.63. The second-order valence-corrected chi connectivity index (χ2v) is 9.60. The van der Waals surface area contributed by atoms with E-state index in [-0.39, 0.29) is 18.2 Å². The molecule has 1 rings (SSSR count). The first-order chi connectivity index (χ1) is 9.38. The molecular formula is C16H27BrMgS. The van der Waals surface area contributed by atoms with Crippen LogP contribution in [0.5, 0.6) is 0 Å². The van der Waals surface area contributed by atoms with Crippen LogP contribution in [0.3, 0.4) is 0 Å². The van der Waals surface area contributed by atoms with Gasteiger partial charge in [0.2, 0.25) is 0 Å². The molecule has 1 heterocycles. The van der Waals surface area contributed by atoms with Gasteiger partial charge in [-0.05, 0) is 18.2 Å². The van der Waals surface area contributed by atoms with Crippen LogP contribution < -0.4 is 3.01 Å². The Bertz CT molecular complexity index is 311. The van der Waals surface area contributed by atoms with Crippen LogP contribution in [0.25, 0.3) is 0 Å². The Labute approximate surface area is 139 Å². The zero-order valence-electron chi connectivity index (χ0n) is 12.4. The van der Waals surface area contributed by atoms with Gasteiger partial charge in [-0.3, -0.25) is 12.9 Å². The number of thiophene rings is 1. The maximum atomic E-state index is 3.71. The van der Waals surface area contributed by atoms with Crippen LogP contribution in [0, 0.1) is 0 Å². The summed E-state index contributed by atoms with van der Waals surface area (Å²) in [4.78, 5) is 0. The highest BCUT2D eigenvalue weighted by atomic mass is 79.9. The molecule has 0 bridgehead atoms. The van der Waals surface area contributed by atoms with Gasteiger partial charge >= 0.3 is 18.2 Å². The van der Waals surface area contributed by atoms with Gasteiger partial charge in [-0.25, -0.2) is 0 Å². The molecule has 0 saturated carbocycles. The van der Waals surface area contributed by atoms with Crippen molar-refractivity contribution >= 4 is 45.4 Å². The average Bonchev–Trinajstić information content (AvgIpc) is 2.88. The molecule has 1 aromatic heterocycles. The lowest BCUT2D eigenvalue weighted by atomic mass is 10.0. The Hall–Kier alpha value is 0.946. The molecule has 0 atom stereocenters. The summed E-state index contributed by atoms with van der Waals surface area (Å²) < 4.78 is 1.66. The number of hydrogen-bond donors (Lipinski definition) is 0. The van der Waals surface area contributed by atoms with Gasteiger partial charge in [0.05, 0.1) is 0 Å². The smallest absolute Gasteiger partial charge is 0.295 e. The summed E-state index contributed by atoms with van der Waals surface area (Å²) in [5.74, 6) is 0. The lowest BCUT2D eigenvalue weighted by Crippen LogP contribution is -2.08. The first-order valence-electron chi connectivity index (χ1n) is 7.99. The van der Waals surface area contributed by atoms with Crippen molar-refractivity contribution < 1.29 is 0 Å². The molecule has 106 valence electrons. The van der Waals surface area contributed by atoms with Crippen molar-refractivity contribution in [2.24, 2.45) is 0 Å². The van der Waals surface area contributed by atoms with Crippen LogP contribution in [-0.2, 0) is 6.42 Å². The van der Waals surface area contributed by atoms with Crippen molar-refractivity contribution in [2.45, 2.75) is 77.6 Å². The summed E-state index contributed by atoms with van der Waals surface area (Å²) in [6, 6.07) is 2.34. The molecule has 0 unspecified atom stereocenters. The predicted molar refractivity (Wildman–Crippen MR) is 94.2 cm³/mol. The van der Waals surface area contributed by atoms with E-state index in [2.05, 4.69) is 31.3 Å².